The molecule has 0 spiro atoms. The summed E-state index contributed by atoms with van der Waals surface area (Å²) in [4.78, 5) is 27.5. The van der Waals surface area contributed by atoms with Crippen LogP contribution in [0.15, 0.2) is 47.0 Å². The molecule has 0 radical (unpaired) electrons. The first-order chi connectivity index (χ1) is 17.4. The molecule has 0 saturated heterocycles. The highest BCUT2D eigenvalue weighted by Crippen LogP contribution is 2.38. The van der Waals surface area contributed by atoms with Gasteiger partial charge in [-0.15, -0.1) is 0 Å². The van der Waals surface area contributed by atoms with E-state index >= 15 is 0 Å². The number of methoxy groups -OCH3 is 3. The summed E-state index contributed by atoms with van der Waals surface area (Å²) in [6.45, 7) is 2.83. The lowest BCUT2D eigenvalue weighted by molar-refractivity contribution is 0.0723. The van der Waals surface area contributed by atoms with Crippen molar-refractivity contribution in [1.82, 2.24) is 15.4 Å². The largest absolute Gasteiger partial charge is 0.493 e. The fourth-order valence-corrected chi connectivity index (χ4v) is 3.55. The molecule has 3 rings (SSSR count). The van der Waals surface area contributed by atoms with Crippen molar-refractivity contribution < 1.29 is 32.7 Å². The van der Waals surface area contributed by atoms with E-state index in [0.29, 0.717) is 35.1 Å². The van der Waals surface area contributed by atoms with Crippen molar-refractivity contribution in [2.75, 3.05) is 27.9 Å². The molecule has 192 valence electrons. The van der Waals surface area contributed by atoms with Crippen LogP contribution in [-0.2, 0) is 13.1 Å². The highest BCUT2D eigenvalue weighted by Gasteiger charge is 2.23. The number of unbranched alkanes of at least 4 members (excludes halogenated alkanes) is 1. The summed E-state index contributed by atoms with van der Waals surface area (Å²) < 4.78 is 34.5. The molecule has 0 saturated carbocycles. The van der Waals surface area contributed by atoms with Gasteiger partial charge < -0.3 is 29.0 Å². The first kappa shape index (κ1) is 26.5. The van der Waals surface area contributed by atoms with Crippen molar-refractivity contribution in [3.8, 4) is 17.2 Å². The Hall–Kier alpha value is -4.08. The zero-order chi connectivity index (χ0) is 26.1. The summed E-state index contributed by atoms with van der Waals surface area (Å²) in [7, 11) is 4.46. The van der Waals surface area contributed by atoms with Gasteiger partial charge in [-0.3, -0.25) is 9.59 Å². The van der Waals surface area contributed by atoms with Crippen molar-refractivity contribution >= 4 is 11.8 Å². The molecule has 3 aromatic rings. The van der Waals surface area contributed by atoms with Crippen LogP contribution in [0.3, 0.4) is 0 Å². The van der Waals surface area contributed by atoms with Gasteiger partial charge >= 0.3 is 0 Å². The van der Waals surface area contributed by atoms with E-state index in [2.05, 4.69) is 10.5 Å². The van der Waals surface area contributed by atoms with Gasteiger partial charge in [-0.2, -0.15) is 0 Å². The second kappa shape index (κ2) is 12.6. The van der Waals surface area contributed by atoms with Crippen molar-refractivity contribution in [2.24, 2.45) is 0 Å². The SMILES string of the molecule is CCCCN(Cc1cc(C(=O)NCc2ccc(F)cc2)no1)C(=O)c1cc(OC)c(OC)c(OC)c1. The minimum Gasteiger partial charge on any atom is -0.493 e. The highest BCUT2D eigenvalue weighted by molar-refractivity contribution is 5.96. The van der Waals surface area contributed by atoms with Crippen LogP contribution >= 0.6 is 0 Å². The van der Waals surface area contributed by atoms with Crippen molar-refractivity contribution in [1.29, 1.82) is 0 Å². The van der Waals surface area contributed by atoms with Gasteiger partial charge in [0, 0.05) is 24.7 Å². The summed E-state index contributed by atoms with van der Waals surface area (Å²) in [5, 5.41) is 6.56. The monoisotopic (exact) mass is 499 g/mol. The van der Waals surface area contributed by atoms with Crippen molar-refractivity contribution in [3.63, 3.8) is 0 Å². The maximum absolute atomic E-state index is 13.4. The van der Waals surface area contributed by atoms with Crippen LogP contribution in [0.4, 0.5) is 4.39 Å². The molecule has 0 unspecified atom stereocenters. The molecule has 36 heavy (non-hydrogen) atoms. The Kier molecular flexibility index (Phi) is 9.26. The van der Waals surface area contributed by atoms with E-state index in [1.54, 1.807) is 29.2 Å². The van der Waals surface area contributed by atoms with Gasteiger partial charge in [0.25, 0.3) is 11.8 Å². The van der Waals surface area contributed by atoms with E-state index in [0.717, 1.165) is 18.4 Å². The van der Waals surface area contributed by atoms with E-state index in [-0.39, 0.29) is 30.5 Å². The molecule has 0 aliphatic heterocycles. The third-order valence-electron chi connectivity index (χ3n) is 5.49. The van der Waals surface area contributed by atoms with Gasteiger partial charge in [0.05, 0.1) is 27.9 Å². The van der Waals surface area contributed by atoms with Gasteiger partial charge in [-0.05, 0) is 36.2 Å². The Labute approximate surface area is 209 Å². The summed E-state index contributed by atoms with van der Waals surface area (Å²) in [6.07, 6.45) is 1.65. The lowest BCUT2D eigenvalue weighted by atomic mass is 10.1. The number of carbonyl (C=O) groups is 2. The molecule has 0 atom stereocenters. The number of rotatable bonds is 12. The van der Waals surface area contributed by atoms with E-state index in [1.807, 2.05) is 6.92 Å². The number of hydrogen-bond donors (Lipinski definition) is 1. The Morgan fingerprint density at radius 2 is 1.69 bits per heavy atom. The number of hydrogen-bond acceptors (Lipinski definition) is 7. The van der Waals surface area contributed by atoms with Crippen LogP contribution in [0.5, 0.6) is 17.2 Å². The first-order valence-corrected chi connectivity index (χ1v) is 11.5. The zero-order valence-electron chi connectivity index (χ0n) is 20.8. The van der Waals surface area contributed by atoms with Gasteiger partial charge in [0.2, 0.25) is 5.75 Å². The maximum atomic E-state index is 13.4. The third-order valence-corrected chi connectivity index (χ3v) is 5.49. The average molecular weight is 500 g/mol. The number of aromatic nitrogens is 1. The van der Waals surface area contributed by atoms with Crippen molar-refractivity contribution in [2.45, 2.75) is 32.9 Å². The molecule has 0 bridgehead atoms. The normalized spacial score (nSPS) is 10.6. The molecule has 1 N–H and O–H groups in total. The van der Waals surface area contributed by atoms with E-state index in [1.165, 1.54) is 39.5 Å². The number of carbonyl (C=O) groups excluding carboxylic acids is 2. The number of nitrogens with zero attached hydrogens (tertiary/aromatic N) is 2. The second-order valence-corrected chi connectivity index (χ2v) is 7.98. The number of nitrogens with one attached hydrogen (secondary N) is 1. The van der Waals surface area contributed by atoms with Crippen molar-refractivity contribution in [3.05, 3.63) is 70.9 Å². The number of ether oxygens (including phenoxy) is 3. The summed E-state index contributed by atoms with van der Waals surface area (Å²) in [6, 6.07) is 10.5. The first-order valence-electron chi connectivity index (χ1n) is 11.5. The Morgan fingerprint density at radius 3 is 2.28 bits per heavy atom. The fraction of sp³-hybridized carbons (Fsp3) is 0.346. The summed E-state index contributed by atoms with van der Waals surface area (Å²) in [5.41, 5.74) is 1.19. The molecule has 0 aliphatic carbocycles. The molecular weight excluding hydrogens is 469 g/mol. The standard InChI is InChI=1S/C26H30FN3O6/c1-5-6-11-30(26(32)18-12-22(33-2)24(35-4)23(13-18)34-3)16-20-14-21(29-36-20)25(31)28-15-17-7-9-19(27)10-8-17/h7-10,12-14H,5-6,11,15-16H2,1-4H3,(H,28,31). The fourth-order valence-electron chi connectivity index (χ4n) is 3.55. The molecule has 2 amide bonds. The second-order valence-electron chi connectivity index (χ2n) is 7.98. The van der Waals surface area contributed by atoms with E-state index in [9.17, 15) is 14.0 Å². The molecule has 0 fully saturated rings. The molecular formula is C26H30FN3O6. The number of benzene rings is 2. The predicted octanol–water partition coefficient (Wildman–Crippen LogP) is 4.21. The Balaban J connectivity index is 1.74. The molecule has 9 nitrogen and oxygen atoms in total. The predicted molar refractivity (Wildman–Crippen MR) is 130 cm³/mol. The summed E-state index contributed by atoms with van der Waals surface area (Å²) >= 11 is 0. The Morgan fingerprint density at radius 1 is 1.03 bits per heavy atom. The van der Waals surface area contributed by atoms with Gasteiger partial charge in [-0.1, -0.05) is 30.6 Å². The average Bonchev–Trinajstić information content (AvgIpc) is 3.37. The number of halogens is 1. The van der Waals surface area contributed by atoms with Crippen LogP contribution in [-0.4, -0.2) is 49.7 Å². The molecule has 1 aromatic heterocycles. The topological polar surface area (TPSA) is 103 Å². The molecule has 10 heteroatoms. The van der Waals surface area contributed by atoms with Crippen LogP contribution in [0, 0.1) is 5.82 Å². The quantitative estimate of drug-likeness (QED) is 0.398. The van der Waals surface area contributed by atoms with Crippen LogP contribution < -0.4 is 19.5 Å². The van der Waals surface area contributed by atoms with Gasteiger partial charge in [-0.25, -0.2) is 4.39 Å². The highest BCUT2D eigenvalue weighted by atomic mass is 19.1. The smallest absolute Gasteiger partial charge is 0.273 e. The third kappa shape index (κ3) is 6.53. The molecule has 0 aliphatic rings. The van der Waals surface area contributed by atoms with E-state index < -0.39 is 5.91 Å². The number of amides is 2. The molecule has 1 heterocycles. The minimum absolute atomic E-state index is 0.0859. The Bertz CT molecular complexity index is 1150. The molecule has 2 aromatic carbocycles. The van der Waals surface area contributed by atoms with Crippen LogP contribution in [0.2, 0.25) is 0 Å². The zero-order valence-corrected chi connectivity index (χ0v) is 20.8. The van der Waals surface area contributed by atoms with Crippen LogP contribution in [0.1, 0.15) is 51.9 Å². The van der Waals surface area contributed by atoms with Crippen LogP contribution in [0.25, 0.3) is 0 Å². The lowest BCUT2D eigenvalue weighted by Gasteiger charge is -2.22. The summed E-state index contributed by atoms with van der Waals surface area (Å²) in [5.74, 6) is 0.444. The lowest BCUT2D eigenvalue weighted by Crippen LogP contribution is -2.31. The van der Waals surface area contributed by atoms with Gasteiger partial charge in [0.15, 0.2) is 23.0 Å². The van der Waals surface area contributed by atoms with E-state index in [4.69, 9.17) is 18.7 Å². The van der Waals surface area contributed by atoms with Gasteiger partial charge in [0.1, 0.15) is 5.82 Å². The minimum atomic E-state index is -0.439. The maximum Gasteiger partial charge on any atom is 0.273 e.